The van der Waals surface area contributed by atoms with Crippen molar-refractivity contribution in [2.75, 3.05) is 0 Å². The number of imidazole rings is 1. The van der Waals surface area contributed by atoms with Crippen LogP contribution in [-0.4, -0.2) is 14.5 Å². The molecule has 11 aromatic rings. The van der Waals surface area contributed by atoms with Crippen molar-refractivity contribution < 1.29 is 0 Å². The average Bonchev–Trinajstić information content (AvgIpc) is 3.66. The standard InChI is InChI=1S/C52H33N3/c1-2-14-35(15-3-1)52-54-49-23-10-11-24-50(49)55(52)42-18-12-17-38(29-42)47-30-39-31-48(44-20-7-9-22-46(44)51(39)45-21-8-6-19-43(45)47)41-28-40(32-53-33-41)37-26-25-34-13-4-5-16-36(34)27-37/h1-33H. The molecular weight excluding hydrogens is 667 g/mol. The van der Waals surface area contributed by atoms with Gasteiger partial charge >= 0.3 is 0 Å². The Hall–Kier alpha value is -7.36. The minimum Gasteiger partial charge on any atom is -0.292 e. The Labute approximate surface area is 318 Å². The van der Waals surface area contributed by atoms with Crippen molar-refractivity contribution in [1.82, 2.24) is 14.5 Å². The first kappa shape index (κ1) is 31.2. The van der Waals surface area contributed by atoms with Crippen LogP contribution >= 0.6 is 0 Å². The number of aromatic nitrogens is 3. The van der Waals surface area contributed by atoms with Gasteiger partial charge in [-0.3, -0.25) is 9.55 Å². The van der Waals surface area contributed by atoms with Crippen molar-refractivity contribution in [3.8, 4) is 50.5 Å². The summed E-state index contributed by atoms with van der Waals surface area (Å²) in [4.78, 5) is 9.91. The highest BCUT2D eigenvalue weighted by molar-refractivity contribution is 6.25. The van der Waals surface area contributed by atoms with Crippen molar-refractivity contribution in [2.24, 2.45) is 0 Å². The van der Waals surface area contributed by atoms with Gasteiger partial charge in [0.2, 0.25) is 0 Å². The van der Waals surface area contributed by atoms with Gasteiger partial charge < -0.3 is 0 Å². The molecule has 55 heavy (non-hydrogen) atoms. The van der Waals surface area contributed by atoms with E-state index in [1.54, 1.807) is 0 Å². The normalized spacial score (nSPS) is 11.6. The van der Waals surface area contributed by atoms with Crippen LogP contribution in [0.3, 0.4) is 0 Å². The maximum atomic E-state index is 5.12. The van der Waals surface area contributed by atoms with Crippen molar-refractivity contribution in [1.29, 1.82) is 0 Å². The summed E-state index contributed by atoms with van der Waals surface area (Å²) in [6, 6.07) is 67.6. The molecule has 0 radical (unpaired) electrons. The van der Waals surface area contributed by atoms with E-state index in [1.165, 1.54) is 54.2 Å². The highest BCUT2D eigenvalue weighted by Gasteiger charge is 2.18. The lowest BCUT2D eigenvalue weighted by atomic mass is 9.87. The molecule has 11 rings (SSSR count). The summed E-state index contributed by atoms with van der Waals surface area (Å²) in [5, 5.41) is 9.84. The van der Waals surface area contributed by atoms with Crippen molar-refractivity contribution >= 4 is 54.1 Å². The summed E-state index contributed by atoms with van der Waals surface area (Å²) >= 11 is 0. The van der Waals surface area contributed by atoms with Crippen LogP contribution in [0, 0.1) is 0 Å². The van der Waals surface area contributed by atoms with Crippen LogP contribution in [-0.2, 0) is 0 Å². The van der Waals surface area contributed by atoms with Gasteiger partial charge in [-0.2, -0.15) is 0 Å². The monoisotopic (exact) mass is 699 g/mol. The van der Waals surface area contributed by atoms with Crippen molar-refractivity contribution in [3.63, 3.8) is 0 Å². The quantitative estimate of drug-likeness (QED) is 0.167. The van der Waals surface area contributed by atoms with Gasteiger partial charge in [0.25, 0.3) is 0 Å². The van der Waals surface area contributed by atoms with E-state index in [4.69, 9.17) is 9.97 Å². The third kappa shape index (κ3) is 5.20. The molecule has 2 aromatic heterocycles. The molecule has 0 amide bonds. The Morgan fingerprint density at radius 3 is 1.80 bits per heavy atom. The molecule has 0 N–H and O–H groups in total. The number of hydrogen-bond donors (Lipinski definition) is 0. The van der Waals surface area contributed by atoms with Gasteiger partial charge in [0.05, 0.1) is 11.0 Å². The fourth-order valence-corrected chi connectivity index (χ4v) is 8.45. The summed E-state index contributed by atoms with van der Waals surface area (Å²) in [5.41, 5.74) is 11.1. The topological polar surface area (TPSA) is 30.7 Å². The van der Waals surface area contributed by atoms with Gasteiger partial charge in [0.1, 0.15) is 5.82 Å². The van der Waals surface area contributed by atoms with Gasteiger partial charge in [-0.15, -0.1) is 0 Å². The molecule has 0 saturated carbocycles. The zero-order valence-electron chi connectivity index (χ0n) is 29.9. The fourth-order valence-electron chi connectivity index (χ4n) is 8.45. The SMILES string of the molecule is c1ccc(-c2nc3ccccc3n2-c2cccc(-c3cc4cc(-c5cncc(-c6ccc7ccccc7c6)c5)c5ccccc5c4c4ccccc34)c2)cc1. The smallest absolute Gasteiger partial charge is 0.145 e. The largest absolute Gasteiger partial charge is 0.292 e. The molecule has 0 saturated heterocycles. The minimum atomic E-state index is 0.929. The lowest BCUT2D eigenvalue weighted by Gasteiger charge is -2.17. The Morgan fingerprint density at radius 1 is 0.364 bits per heavy atom. The summed E-state index contributed by atoms with van der Waals surface area (Å²) in [7, 11) is 0. The molecule has 2 heterocycles. The molecule has 0 aliphatic carbocycles. The van der Waals surface area contributed by atoms with E-state index in [0.717, 1.165) is 50.4 Å². The lowest BCUT2D eigenvalue weighted by Crippen LogP contribution is -1.98. The maximum absolute atomic E-state index is 5.12. The highest BCUT2D eigenvalue weighted by Crippen LogP contribution is 2.43. The molecule has 0 unspecified atom stereocenters. The van der Waals surface area contributed by atoms with Gasteiger partial charge in [0.15, 0.2) is 0 Å². The number of hydrogen-bond acceptors (Lipinski definition) is 2. The average molecular weight is 700 g/mol. The molecule has 0 fully saturated rings. The number of para-hydroxylation sites is 2. The van der Waals surface area contributed by atoms with E-state index in [9.17, 15) is 0 Å². The van der Waals surface area contributed by atoms with Crippen LogP contribution in [0.15, 0.2) is 200 Å². The van der Waals surface area contributed by atoms with E-state index in [-0.39, 0.29) is 0 Å². The second kappa shape index (κ2) is 12.6. The van der Waals surface area contributed by atoms with E-state index in [0.29, 0.717) is 0 Å². The number of nitrogens with zero attached hydrogens (tertiary/aromatic N) is 3. The van der Waals surface area contributed by atoms with Gasteiger partial charge in [-0.05, 0) is 114 Å². The van der Waals surface area contributed by atoms with Crippen molar-refractivity contribution in [2.45, 2.75) is 0 Å². The highest BCUT2D eigenvalue weighted by atomic mass is 15.1. The number of rotatable bonds is 5. The lowest BCUT2D eigenvalue weighted by molar-refractivity contribution is 1.10. The summed E-state index contributed by atoms with van der Waals surface area (Å²) < 4.78 is 2.29. The number of fused-ring (bicyclic) bond motifs is 7. The van der Waals surface area contributed by atoms with Crippen LogP contribution in [0.25, 0.3) is 105 Å². The minimum absolute atomic E-state index is 0.929. The third-order valence-electron chi connectivity index (χ3n) is 11.0. The van der Waals surface area contributed by atoms with E-state index in [2.05, 4.69) is 193 Å². The second-order valence-electron chi connectivity index (χ2n) is 14.2. The summed E-state index contributed by atoms with van der Waals surface area (Å²) in [6.45, 7) is 0. The maximum Gasteiger partial charge on any atom is 0.145 e. The van der Waals surface area contributed by atoms with Crippen LogP contribution in [0.1, 0.15) is 0 Å². The van der Waals surface area contributed by atoms with E-state index in [1.807, 2.05) is 12.4 Å². The molecule has 0 aliphatic heterocycles. The second-order valence-corrected chi connectivity index (χ2v) is 14.2. The Morgan fingerprint density at radius 2 is 1.00 bits per heavy atom. The first-order valence-electron chi connectivity index (χ1n) is 18.7. The van der Waals surface area contributed by atoms with Crippen molar-refractivity contribution in [3.05, 3.63) is 200 Å². The zero-order chi connectivity index (χ0) is 36.3. The predicted molar refractivity (Wildman–Crippen MR) is 231 cm³/mol. The summed E-state index contributed by atoms with van der Waals surface area (Å²) in [5.74, 6) is 0.929. The van der Waals surface area contributed by atoms with Crippen LogP contribution in [0.5, 0.6) is 0 Å². The van der Waals surface area contributed by atoms with E-state index >= 15 is 0 Å². The van der Waals surface area contributed by atoms with Crippen LogP contribution in [0.4, 0.5) is 0 Å². The van der Waals surface area contributed by atoms with Gasteiger partial charge in [0, 0.05) is 34.8 Å². The molecule has 3 nitrogen and oxygen atoms in total. The number of pyridine rings is 1. The molecule has 3 heteroatoms. The molecule has 9 aromatic carbocycles. The first-order chi connectivity index (χ1) is 27.3. The van der Waals surface area contributed by atoms with Gasteiger partial charge in [-0.25, -0.2) is 4.98 Å². The molecular formula is C52H33N3. The third-order valence-corrected chi connectivity index (χ3v) is 11.0. The Bertz CT molecular complexity index is 3270. The molecule has 0 bridgehead atoms. The first-order valence-corrected chi connectivity index (χ1v) is 18.7. The Kier molecular flexibility index (Phi) is 7.17. The molecule has 0 aliphatic rings. The van der Waals surface area contributed by atoms with E-state index < -0.39 is 0 Å². The van der Waals surface area contributed by atoms with Crippen LogP contribution in [0.2, 0.25) is 0 Å². The van der Waals surface area contributed by atoms with Gasteiger partial charge in [-0.1, -0.05) is 140 Å². The molecule has 0 atom stereocenters. The molecule has 256 valence electrons. The number of benzene rings is 9. The molecule has 0 spiro atoms. The Balaban J connectivity index is 1.12. The summed E-state index contributed by atoms with van der Waals surface area (Å²) in [6.07, 6.45) is 3.98. The fraction of sp³-hybridized carbons (Fsp3) is 0. The predicted octanol–water partition coefficient (Wildman–Crippen LogP) is 13.7. The zero-order valence-corrected chi connectivity index (χ0v) is 29.9. The van der Waals surface area contributed by atoms with Crippen LogP contribution < -0.4 is 0 Å².